The van der Waals surface area contributed by atoms with Crippen LogP contribution in [0.1, 0.15) is 34.6 Å². The predicted octanol–water partition coefficient (Wildman–Crippen LogP) is 5.27. The zero-order valence-electron chi connectivity index (χ0n) is 17.5. The molecule has 4 rings (SSSR count). The Hall–Kier alpha value is -3.17. The van der Waals surface area contributed by atoms with E-state index in [2.05, 4.69) is 102 Å². The molecule has 1 heterocycles. The topological polar surface area (TPSA) is 41.6 Å². The summed E-state index contributed by atoms with van der Waals surface area (Å²) in [5, 5.41) is 0. The van der Waals surface area contributed by atoms with Crippen molar-refractivity contribution in [3.8, 4) is 0 Å². The van der Waals surface area contributed by atoms with E-state index in [1.54, 1.807) is 0 Å². The van der Waals surface area contributed by atoms with Crippen molar-refractivity contribution in [2.45, 2.75) is 25.8 Å². The van der Waals surface area contributed by atoms with Gasteiger partial charge in [0.2, 0.25) is 0 Å². The van der Waals surface area contributed by atoms with Crippen LogP contribution in [0.25, 0.3) is 0 Å². The minimum Gasteiger partial charge on any atom is -0.390 e. The quantitative estimate of drug-likeness (QED) is 0.456. The van der Waals surface area contributed by atoms with Crippen LogP contribution in [0.2, 0.25) is 0 Å². The van der Waals surface area contributed by atoms with Crippen molar-refractivity contribution < 1.29 is 0 Å². The number of aliphatic imine (C=N–C) groups is 1. The average molecular weight is 396 g/mol. The van der Waals surface area contributed by atoms with Gasteiger partial charge in [-0.2, -0.15) is 0 Å². The molecule has 0 radical (unpaired) electrons. The molecular weight excluding hydrogens is 366 g/mol. The first-order valence-electron chi connectivity index (χ1n) is 10.6. The summed E-state index contributed by atoms with van der Waals surface area (Å²) in [6, 6.07) is 30.3. The molecule has 2 N–H and O–H groups in total. The van der Waals surface area contributed by atoms with Gasteiger partial charge in [0.25, 0.3) is 0 Å². The summed E-state index contributed by atoms with van der Waals surface area (Å²) < 4.78 is 0. The number of rotatable bonds is 6. The lowest BCUT2D eigenvalue weighted by atomic mass is 9.82. The van der Waals surface area contributed by atoms with Crippen LogP contribution in [0.4, 0.5) is 0 Å². The Morgan fingerprint density at radius 1 is 0.933 bits per heavy atom. The van der Waals surface area contributed by atoms with Crippen LogP contribution < -0.4 is 5.73 Å². The molecule has 3 aromatic rings. The number of nitrogens with two attached hydrogens (primary N) is 1. The first kappa shape index (κ1) is 20.1. The molecule has 0 saturated carbocycles. The zero-order valence-corrected chi connectivity index (χ0v) is 17.5. The number of hydrogen-bond donors (Lipinski definition) is 1. The van der Waals surface area contributed by atoms with Gasteiger partial charge in [0.1, 0.15) is 0 Å². The molecule has 0 atom stereocenters. The van der Waals surface area contributed by atoms with Crippen LogP contribution in [0.15, 0.2) is 101 Å². The van der Waals surface area contributed by atoms with Crippen LogP contribution in [0.5, 0.6) is 0 Å². The molecule has 1 aliphatic rings. The lowest BCUT2D eigenvalue weighted by Gasteiger charge is -2.34. The lowest BCUT2D eigenvalue weighted by Crippen LogP contribution is -2.33. The summed E-state index contributed by atoms with van der Waals surface area (Å²) in [5.74, 6) is 0.173. The molecule has 30 heavy (non-hydrogen) atoms. The summed E-state index contributed by atoms with van der Waals surface area (Å²) in [6.45, 7) is 4.97. The van der Waals surface area contributed by atoms with Crippen LogP contribution in [-0.2, 0) is 6.54 Å². The van der Waals surface area contributed by atoms with E-state index in [0.717, 1.165) is 31.8 Å². The van der Waals surface area contributed by atoms with E-state index in [9.17, 15) is 0 Å². The van der Waals surface area contributed by atoms with Crippen molar-refractivity contribution in [2.75, 3.05) is 13.1 Å². The second-order valence-electron chi connectivity index (χ2n) is 7.95. The predicted molar refractivity (Wildman–Crippen MR) is 126 cm³/mol. The average Bonchev–Trinajstić information content (AvgIpc) is 2.77. The number of hydrogen-bond acceptors (Lipinski definition) is 2. The van der Waals surface area contributed by atoms with Gasteiger partial charge in [-0.1, -0.05) is 90.5 Å². The fourth-order valence-electron chi connectivity index (χ4n) is 4.42. The molecule has 3 heteroatoms. The van der Waals surface area contributed by atoms with Gasteiger partial charge in [-0.3, -0.25) is 4.90 Å². The van der Waals surface area contributed by atoms with Crippen LogP contribution in [-0.4, -0.2) is 24.3 Å². The van der Waals surface area contributed by atoms with Gasteiger partial charge in [-0.15, -0.1) is 0 Å². The van der Waals surface area contributed by atoms with Gasteiger partial charge >= 0.3 is 0 Å². The van der Waals surface area contributed by atoms with Gasteiger partial charge in [-0.25, -0.2) is 4.99 Å². The Morgan fingerprint density at radius 3 is 2.20 bits per heavy atom. The van der Waals surface area contributed by atoms with Crippen LogP contribution >= 0.6 is 0 Å². The molecule has 3 aromatic carbocycles. The van der Waals surface area contributed by atoms with Crippen molar-refractivity contribution >= 4 is 6.34 Å². The van der Waals surface area contributed by atoms with Crippen LogP contribution in [0, 0.1) is 6.92 Å². The van der Waals surface area contributed by atoms with E-state index < -0.39 is 0 Å². The largest absolute Gasteiger partial charge is 0.390 e. The molecule has 0 aliphatic carbocycles. The maximum absolute atomic E-state index is 5.73. The molecule has 1 aliphatic heterocycles. The third kappa shape index (κ3) is 4.69. The monoisotopic (exact) mass is 395 g/mol. The molecule has 0 fully saturated rings. The second-order valence-corrected chi connectivity index (χ2v) is 7.95. The van der Waals surface area contributed by atoms with Crippen molar-refractivity contribution in [1.29, 1.82) is 0 Å². The summed E-state index contributed by atoms with van der Waals surface area (Å²) >= 11 is 0. The fraction of sp³-hybridized carbons (Fsp3) is 0.222. The Labute approximate surface area is 179 Å². The van der Waals surface area contributed by atoms with E-state index in [-0.39, 0.29) is 5.92 Å². The van der Waals surface area contributed by atoms with Gasteiger partial charge in [-0.05, 0) is 29.2 Å². The highest BCUT2D eigenvalue weighted by Gasteiger charge is 2.27. The normalized spacial score (nSPS) is 15.3. The molecule has 152 valence electrons. The minimum atomic E-state index is 0.173. The Balaban J connectivity index is 1.72. The van der Waals surface area contributed by atoms with E-state index in [1.165, 1.54) is 34.2 Å². The van der Waals surface area contributed by atoms with E-state index in [4.69, 9.17) is 5.73 Å². The standard InChI is InChI=1S/C27H29N3/c1-21-9-8-10-22(17-21)18-30-16-15-26(29-20-28)25(19-30)27(23-11-4-2-5-12-23)24-13-6-3-7-14-24/h2-14,17,20,27H,15-16,18-19H2,1H3,(H2,28,29). The first-order valence-corrected chi connectivity index (χ1v) is 10.6. The van der Waals surface area contributed by atoms with Crippen molar-refractivity contribution in [1.82, 2.24) is 4.90 Å². The Morgan fingerprint density at radius 2 is 1.60 bits per heavy atom. The molecule has 0 amide bonds. The SMILES string of the molecule is Cc1cccc(CN2CCC(N=CN)=C(C(c3ccccc3)c3ccccc3)C2)c1. The van der Waals surface area contributed by atoms with Gasteiger partial charge in [0.15, 0.2) is 0 Å². The molecule has 0 aromatic heterocycles. The van der Waals surface area contributed by atoms with Gasteiger partial charge < -0.3 is 5.73 Å². The summed E-state index contributed by atoms with van der Waals surface area (Å²) in [4.78, 5) is 7.12. The maximum Gasteiger partial charge on any atom is 0.0856 e. The summed E-state index contributed by atoms with van der Waals surface area (Å²) in [5.41, 5.74) is 13.4. The fourth-order valence-corrected chi connectivity index (χ4v) is 4.42. The smallest absolute Gasteiger partial charge is 0.0856 e. The number of aryl methyl sites for hydroxylation is 1. The van der Waals surface area contributed by atoms with E-state index >= 15 is 0 Å². The third-order valence-electron chi connectivity index (χ3n) is 5.76. The van der Waals surface area contributed by atoms with Gasteiger partial charge in [0, 0.05) is 37.7 Å². The minimum absolute atomic E-state index is 0.173. The number of benzene rings is 3. The van der Waals surface area contributed by atoms with Gasteiger partial charge in [0.05, 0.1) is 6.34 Å². The van der Waals surface area contributed by atoms with E-state index in [0.29, 0.717) is 0 Å². The second kappa shape index (κ2) is 9.55. The third-order valence-corrected chi connectivity index (χ3v) is 5.76. The molecule has 0 unspecified atom stereocenters. The summed E-state index contributed by atoms with van der Waals surface area (Å²) in [7, 11) is 0. The molecular formula is C27H29N3. The highest BCUT2D eigenvalue weighted by atomic mass is 15.1. The lowest BCUT2D eigenvalue weighted by molar-refractivity contribution is 0.272. The Bertz CT molecular complexity index is 983. The Kier molecular flexibility index (Phi) is 6.41. The summed E-state index contributed by atoms with van der Waals surface area (Å²) in [6.07, 6.45) is 2.35. The zero-order chi connectivity index (χ0) is 20.8. The number of nitrogens with zero attached hydrogens (tertiary/aromatic N) is 2. The van der Waals surface area contributed by atoms with Crippen molar-refractivity contribution in [3.63, 3.8) is 0 Å². The van der Waals surface area contributed by atoms with Crippen LogP contribution in [0.3, 0.4) is 0 Å². The van der Waals surface area contributed by atoms with Crippen molar-refractivity contribution in [2.24, 2.45) is 10.7 Å². The molecule has 0 saturated heterocycles. The van der Waals surface area contributed by atoms with E-state index in [1.807, 2.05) is 0 Å². The van der Waals surface area contributed by atoms with Crippen molar-refractivity contribution in [3.05, 3.63) is 118 Å². The molecule has 0 bridgehead atoms. The molecule has 3 nitrogen and oxygen atoms in total. The molecule has 0 spiro atoms. The highest BCUT2D eigenvalue weighted by molar-refractivity contribution is 5.55. The first-order chi connectivity index (χ1) is 14.7. The maximum atomic E-state index is 5.73. The highest BCUT2D eigenvalue weighted by Crippen LogP contribution is 2.37.